The van der Waals surface area contributed by atoms with Crippen LogP contribution in [-0.2, 0) is 6.42 Å². The Kier molecular flexibility index (Phi) is 4.10. The predicted octanol–water partition coefficient (Wildman–Crippen LogP) is 5.42. The summed E-state index contributed by atoms with van der Waals surface area (Å²) in [6.45, 7) is 0. The number of thiophene rings is 1. The first-order valence-corrected chi connectivity index (χ1v) is 8.97. The summed E-state index contributed by atoms with van der Waals surface area (Å²) in [5, 5.41) is 2.11. The van der Waals surface area contributed by atoms with Gasteiger partial charge in [0.15, 0.2) is 5.78 Å². The van der Waals surface area contributed by atoms with Crippen molar-refractivity contribution >= 4 is 55.6 Å². The number of hydrogen-bond donors (Lipinski definition) is 0. The number of aryl methyl sites for hydroxylation is 1. The average molecular weight is 447 g/mol. The number of carbonyl (C=O) groups is 1. The molecule has 0 saturated carbocycles. The van der Waals surface area contributed by atoms with Crippen LogP contribution in [0.15, 0.2) is 34.1 Å². The van der Waals surface area contributed by atoms with Gasteiger partial charge in [0, 0.05) is 24.4 Å². The Bertz CT molecular complexity index is 635. The van der Waals surface area contributed by atoms with Crippen molar-refractivity contribution in [1.29, 1.82) is 0 Å². The van der Waals surface area contributed by atoms with Gasteiger partial charge in [-0.05, 0) is 77.1 Å². The number of Topliss-reactive ketones (excluding diaryl/α,β-unsaturated/α-hetero) is 1. The molecule has 1 aliphatic carbocycles. The zero-order chi connectivity index (χ0) is 13.4. The standard InChI is InChI=1S/C15H12BrIOS/c16-9-4-5-13(17)12(8-9)15(18)11-2-1-3-14-10(11)6-7-19-14/h4-8,11H,1-3H2. The topological polar surface area (TPSA) is 17.1 Å². The van der Waals surface area contributed by atoms with Crippen molar-refractivity contribution in [2.24, 2.45) is 0 Å². The molecule has 0 spiro atoms. The largest absolute Gasteiger partial charge is 0.293 e. The smallest absolute Gasteiger partial charge is 0.171 e. The van der Waals surface area contributed by atoms with E-state index < -0.39 is 0 Å². The lowest BCUT2D eigenvalue weighted by molar-refractivity contribution is 0.0950. The number of hydrogen-bond acceptors (Lipinski definition) is 2. The van der Waals surface area contributed by atoms with Gasteiger partial charge in [-0.25, -0.2) is 0 Å². The molecule has 1 atom stereocenters. The molecule has 98 valence electrons. The molecule has 2 aromatic rings. The van der Waals surface area contributed by atoms with Gasteiger partial charge in [-0.2, -0.15) is 0 Å². The summed E-state index contributed by atoms with van der Waals surface area (Å²) in [4.78, 5) is 14.2. The SMILES string of the molecule is O=C(c1cc(Br)ccc1I)C1CCCc2sccc21. The van der Waals surface area contributed by atoms with Gasteiger partial charge in [0.1, 0.15) is 0 Å². The van der Waals surface area contributed by atoms with Crippen LogP contribution in [0.25, 0.3) is 0 Å². The van der Waals surface area contributed by atoms with E-state index in [2.05, 4.69) is 50.0 Å². The molecule has 1 unspecified atom stereocenters. The minimum absolute atomic E-state index is 0.0535. The fourth-order valence-corrected chi connectivity index (χ4v) is 4.58. The molecule has 0 radical (unpaired) electrons. The maximum absolute atomic E-state index is 12.8. The summed E-state index contributed by atoms with van der Waals surface area (Å²) in [6.07, 6.45) is 3.23. The van der Waals surface area contributed by atoms with Crippen LogP contribution in [0, 0.1) is 3.57 Å². The van der Waals surface area contributed by atoms with E-state index in [-0.39, 0.29) is 11.7 Å². The van der Waals surface area contributed by atoms with Crippen molar-refractivity contribution in [1.82, 2.24) is 0 Å². The molecule has 19 heavy (non-hydrogen) atoms. The zero-order valence-corrected chi connectivity index (χ0v) is 14.7. The van der Waals surface area contributed by atoms with Crippen LogP contribution in [0.2, 0.25) is 0 Å². The second-order valence-electron chi connectivity index (χ2n) is 4.73. The molecule has 4 heteroatoms. The molecule has 1 aliphatic rings. The summed E-state index contributed by atoms with van der Waals surface area (Å²) < 4.78 is 2.01. The fourth-order valence-electron chi connectivity index (χ4n) is 2.63. The monoisotopic (exact) mass is 446 g/mol. The first-order valence-electron chi connectivity index (χ1n) is 6.22. The summed E-state index contributed by atoms with van der Waals surface area (Å²) >= 11 is 7.49. The first-order chi connectivity index (χ1) is 9.16. The highest BCUT2D eigenvalue weighted by molar-refractivity contribution is 14.1. The van der Waals surface area contributed by atoms with Crippen molar-refractivity contribution in [2.45, 2.75) is 25.2 Å². The molecular formula is C15H12BrIOS. The Hall–Kier alpha value is -0.200. The van der Waals surface area contributed by atoms with Crippen LogP contribution in [0.4, 0.5) is 0 Å². The Labute approximate surface area is 138 Å². The van der Waals surface area contributed by atoms with Crippen LogP contribution in [0.3, 0.4) is 0 Å². The van der Waals surface area contributed by atoms with E-state index in [1.54, 1.807) is 11.3 Å². The van der Waals surface area contributed by atoms with Crippen LogP contribution >= 0.6 is 49.9 Å². The van der Waals surface area contributed by atoms with E-state index >= 15 is 0 Å². The van der Waals surface area contributed by atoms with Crippen molar-refractivity contribution < 1.29 is 4.79 Å². The highest BCUT2D eigenvalue weighted by Crippen LogP contribution is 2.37. The molecule has 0 aliphatic heterocycles. The Morgan fingerprint density at radius 2 is 2.21 bits per heavy atom. The second kappa shape index (κ2) is 5.66. The van der Waals surface area contributed by atoms with Crippen molar-refractivity contribution in [3.63, 3.8) is 0 Å². The van der Waals surface area contributed by atoms with Crippen LogP contribution < -0.4 is 0 Å². The van der Waals surface area contributed by atoms with E-state index in [0.29, 0.717) is 0 Å². The Morgan fingerprint density at radius 3 is 3.05 bits per heavy atom. The molecule has 0 N–H and O–H groups in total. The quantitative estimate of drug-likeness (QED) is 0.444. The minimum Gasteiger partial charge on any atom is -0.293 e. The first kappa shape index (κ1) is 13.8. The summed E-state index contributed by atoms with van der Waals surface area (Å²) in [7, 11) is 0. The molecule has 3 rings (SSSR count). The van der Waals surface area contributed by atoms with Gasteiger partial charge in [0.2, 0.25) is 0 Å². The zero-order valence-electron chi connectivity index (χ0n) is 10.2. The van der Waals surface area contributed by atoms with Gasteiger partial charge in [-0.1, -0.05) is 15.9 Å². The number of fused-ring (bicyclic) bond motifs is 1. The van der Waals surface area contributed by atoms with Gasteiger partial charge in [-0.15, -0.1) is 11.3 Å². The number of ketones is 1. The Morgan fingerprint density at radius 1 is 1.37 bits per heavy atom. The number of benzene rings is 1. The van der Waals surface area contributed by atoms with Crippen molar-refractivity contribution in [3.8, 4) is 0 Å². The minimum atomic E-state index is 0.0535. The van der Waals surface area contributed by atoms with Crippen molar-refractivity contribution in [3.05, 3.63) is 53.7 Å². The summed E-state index contributed by atoms with van der Waals surface area (Å²) in [5.41, 5.74) is 2.11. The molecule has 0 bridgehead atoms. The molecule has 1 heterocycles. The maximum atomic E-state index is 12.8. The van der Waals surface area contributed by atoms with Gasteiger partial charge >= 0.3 is 0 Å². The lowest BCUT2D eigenvalue weighted by Gasteiger charge is -2.22. The summed E-state index contributed by atoms with van der Waals surface area (Å²) in [5.74, 6) is 0.322. The third kappa shape index (κ3) is 2.67. The molecule has 1 aromatic carbocycles. The average Bonchev–Trinajstić information content (AvgIpc) is 2.89. The van der Waals surface area contributed by atoms with E-state index in [4.69, 9.17) is 0 Å². The van der Waals surface area contributed by atoms with Gasteiger partial charge in [0.05, 0.1) is 0 Å². The predicted molar refractivity (Wildman–Crippen MR) is 91.2 cm³/mol. The van der Waals surface area contributed by atoms with Crippen LogP contribution in [0.1, 0.15) is 39.6 Å². The third-order valence-corrected chi connectivity index (χ3v) is 5.99. The van der Waals surface area contributed by atoms with Gasteiger partial charge in [0.25, 0.3) is 0 Å². The summed E-state index contributed by atoms with van der Waals surface area (Å²) in [6, 6.07) is 8.06. The van der Waals surface area contributed by atoms with Gasteiger partial charge in [-0.3, -0.25) is 4.79 Å². The van der Waals surface area contributed by atoms with Crippen LogP contribution in [0.5, 0.6) is 0 Å². The molecule has 1 aromatic heterocycles. The highest BCUT2D eigenvalue weighted by atomic mass is 127. The van der Waals surface area contributed by atoms with E-state index in [0.717, 1.165) is 32.9 Å². The van der Waals surface area contributed by atoms with E-state index in [1.165, 1.54) is 10.4 Å². The number of rotatable bonds is 2. The second-order valence-corrected chi connectivity index (χ2v) is 7.81. The van der Waals surface area contributed by atoms with Crippen molar-refractivity contribution in [2.75, 3.05) is 0 Å². The number of carbonyl (C=O) groups excluding carboxylic acids is 1. The lowest BCUT2D eigenvalue weighted by Crippen LogP contribution is -2.18. The maximum Gasteiger partial charge on any atom is 0.171 e. The number of halogens is 2. The van der Waals surface area contributed by atoms with E-state index in [1.807, 2.05) is 18.2 Å². The molecule has 0 fully saturated rings. The molecule has 0 amide bonds. The fraction of sp³-hybridized carbons (Fsp3) is 0.267. The molecule has 1 nitrogen and oxygen atoms in total. The Balaban J connectivity index is 2.00. The molecular weight excluding hydrogens is 435 g/mol. The van der Waals surface area contributed by atoms with Gasteiger partial charge < -0.3 is 0 Å². The lowest BCUT2D eigenvalue weighted by atomic mass is 9.82. The van der Waals surface area contributed by atoms with Crippen LogP contribution in [-0.4, -0.2) is 5.78 Å². The normalized spacial score (nSPS) is 18.1. The highest BCUT2D eigenvalue weighted by Gasteiger charge is 2.29. The van der Waals surface area contributed by atoms with E-state index in [9.17, 15) is 4.79 Å². The molecule has 0 saturated heterocycles. The third-order valence-electron chi connectivity index (χ3n) is 3.56.